The lowest BCUT2D eigenvalue weighted by Gasteiger charge is -2.52. The van der Waals surface area contributed by atoms with E-state index in [0.29, 0.717) is 6.61 Å². The Hall–Kier alpha value is -2.09. The smallest absolute Gasteiger partial charge is 0.303 e. The molecule has 4 fully saturated rings. The number of ether oxygens (including phenoxy) is 8. The molecule has 1 aromatic rings. The third kappa shape index (κ3) is 6.24. The maximum absolute atomic E-state index is 12.5. The SMILES string of the molecule is CC(=O)O[C@H]1[C@@H]2OC(c3ccccc3)OC[C@H]2[C@@H](Cl)[C@H](N[C@H]2C=C3COC(C)(C)O[C@H]3[C@@H]3OC(C)(C)O[C@H]32)[C@@H]1OC(C)=O. The molecule has 236 valence electrons. The van der Waals surface area contributed by atoms with Crippen LogP contribution in [0, 0.1) is 5.92 Å². The molecule has 43 heavy (non-hydrogen) atoms. The number of nitrogens with one attached hydrogen (secondary N) is 1. The molecule has 3 aliphatic heterocycles. The zero-order chi connectivity index (χ0) is 30.7. The summed E-state index contributed by atoms with van der Waals surface area (Å²) in [6.45, 7) is 10.7. The average molecular weight is 622 g/mol. The number of hydrogen-bond acceptors (Lipinski definition) is 11. The van der Waals surface area contributed by atoms with Crippen LogP contribution in [0.4, 0.5) is 0 Å². The van der Waals surface area contributed by atoms with Gasteiger partial charge in [0.25, 0.3) is 0 Å². The number of fused-ring (bicyclic) bond motifs is 4. The number of alkyl halides is 1. The maximum Gasteiger partial charge on any atom is 0.303 e. The van der Waals surface area contributed by atoms with E-state index in [0.717, 1.165) is 11.1 Å². The molecule has 2 aliphatic carbocycles. The van der Waals surface area contributed by atoms with Gasteiger partial charge in [-0.1, -0.05) is 36.4 Å². The van der Waals surface area contributed by atoms with Crippen molar-refractivity contribution < 1.29 is 47.5 Å². The highest BCUT2D eigenvalue weighted by Crippen LogP contribution is 2.45. The van der Waals surface area contributed by atoms with Crippen molar-refractivity contribution in [3.05, 3.63) is 47.5 Å². The molecule has 12 heteroatoms. The Labute approximate surface area is 256 Å². The molecule has 11 nitrogen and oxygen atoms in total. The molecular weight excluding hydrogens is 582 g/mol. The molecule has 1 aromatic carbocycles. The fourth-order valence-corrected chi connectivity index (χ4v) is 7.27. The van der Waals surface area contributed by atoms with Crippen LogP contribution in [-0.2, 0) is 47.5 Å². The van der Waals surface area contributed by atoms with Gasteiger partial charge >= 0.3 is 11.9 Å². The summed E-state index contributed by atoms with van der Waals surface area (Å²) in [4.78, 5) is 24.9. The molecule has 11 atom stereocenters. The second-order valence-corrected chi connectivity index (χ2v) is 13.2. The molecule has 0 radical (unpaired) electrons. The van der Waals surface area contributed by atoms with Crippen LogP contribution in [0.15, 0.2) is 42.0 Å². The summed E-state index contributed by atoms with van der Waals surface area (Å²) < 4.78 is 49.2. The Morgan fingerprint density at radius 2 is 1.58 bits per heavy atom. The molecule has 0 bridgehead atoms. The highest BCUT2D eigenvalue weighted by molar-refractivity contribution is 6.21. The molecular formula is C31H40ClNO10. The van der Waals surface area contributed by atoms with Crippen LogP contribution >= 0.6 is 11.6 Å². The van der Waals surface area contributed by atoms with Crippen LogP contribution in [-0.4, -0.2) is 90.8 Å². The predicted octanol–water partition coefficient (Wildman–Crippen LogP) is 3.14. The summed E-state index contributed by atoms with van der Waals surface area (Å²) in [6.07, 6.45) is -2.53. The summed E-state index contributed by atoms with van der Waals surface area (Å²) in [7, 11) is 0. The number of esters is 2. The number of halogens is 1. The van der Waals surface area contributed by atoms with Crippen molar-refractivity contribution in [3.8, 4) is 0 Å². The Balaban J connectivity index is 1.33. The molecule has 1 unspecified atom stereocenters. The minimum absolute atomic E-state index is 0.240. The van der Waals surface area contributed by atoms with Crippen LogP contribution in [0.2, 0.25) is 0 Å². The molecule has 0 amide bonds. The Kier molecular flexibility index (Phi) is 8.40. The summed E-state index contributed by atoms with van der Waals surface area (Å²) in [5.74, 6) is -3.11. The molecule has 0 spiro atoms. The number of rotatable bonds is 5. The largest absolute Gasteiger partial charge is 0.457 e. The van der Waals surface area contributed by atoms with Gasteiger partial charge in [0, 0.05) is 25.3 Å². The molecule has 0 aromatic heterocycles. The van der Waals surface area contributed by atoms with Crippen LogP contribution in [0.1, 0.15) is 53.4 Å². The summed E-state index contributed by atoms with van der Waals surface area (Å²) in [5.41, 5.74) is 1.73. The monoisotopic (exact) mass is 621 g/mol. The van der Waals surface area contributed by atoms with E-state index < -0.39 is 83.7 Å². The lowest BCUT2D eigenvalue weighted by atomic mass is 9.77. The van der Waals surface area contributed by atoms with E-state index in [-0.39, 0.29) is 12.7 Å². The van der Waals surface area contributed by atoms with Gasteiger partial charge in [-0.25, -0.2) is 0 Å². The molecule has 6 rings (SSSR count). The Morgan fingerprint density at radius 1 is 0.907 bits per heavy atom. The quantitative estimate of drug-likeness (QED) is 0.297. The number of carbonyl (C=O) groups excluding carboxylic acids is 2. The first-order chi connectivity index (χ1) is 20.3. The van der Waals surface area contributed by atoms with E-state index in [1.165, 1.54) is 13.8 Å². The fraction of sp³-hybridized carbons (Fsp3) is 0.677. The van der Waals surface area contributed by atoms with Crippen molar-refractivity contribution in [2.75, 3.05) is 13.2 Å². The predicted molar refractivity (Wildman–Crippen MR) is 152 cm³/mol. The first kappa shape index (κ1) is 30.9. The van der Waals surface area contributed by atoms with Crippen LogP contribution in [0.25, 0.3) is 0 Å². The van der Waals surface area contributed by atoms with Gasteiger partial charge in [-0.2, -0.15) is 0 Å². The van der Waals surface area contributed by atoms with Gasteiger partial charge in [0.05, 0.1) is 30.7 Å². The highest BCUT2D eigenvalue weighted by atomic mass is 35.5. The van der Waals surface area contributed by atoms with Gasteiger partial charge in [-0.05, 0) is 33.3 Å². The van der Waals surface area contributed by atoms with E-state index in [2.05, 4.69) is 5.32 Å². The second kappa shape index (κ2) is 11.7. The van der Waals surface area contributed by atoms with Gasteiger partial charge in [0.15, 0.2) is 30.1 Å². The van der Waals surface area contributed by atoms with Crippen molar-refractivity contribution >= 4 is 23.5 Å². The molecule has 1 N–H and O–H groups in total. The van der Waals surface area contributed by atoms with Crippen molar-refractivity contribution in [3.63, 3.8) is 0 Å². The van der Waals surface area contributed by atoms with E-state index in [1.807, 2.05) is 64.1 Å². The topological polar surface area (TPSA) is 120 Å². The minimum atomic E-state index is -0.970. The lowest BCUT2D eigenvalue weighted by molar-refractivity contribution is -0.287. The van der Waals surface area contributed by atoms with Crippen molar-refractivity contribution in [2.45, 2.75) is 113 Å². The number of carbonyl (C=O) groups is 2. The van der Waals surface area contributed by atoms with Gasteiger partial charge in [-0.3, -0.25) is 9.59 Å². The van der Waals surface area contributed by atoms with E-state index in [1.54, 1.807) is 0 Å². The zero-order valence-electron chi connectivity index (χ0n) is 25.2. The average Bonchev–Trinajstić information content (AvgIpc) is 3.28. The standard InChI is InChI=1S/C31H40ClNO10/c1-15(34)38-26-22(33-20-12-18-13-37-30(3,4)41-23(18)28-25(20)42-31(5,6)43-28)21(32)19-14-36-29(17-10-8-7-9-11-17)40-24(19)27(26)39-16(2)35/h7-12,19-29,33H,13-14H2,1-6H3/t19-,20-,21+,22-,23+,24+,25-,26-,27-,28-,29?/m0/s1. The molecule has 5 aliphatic rings. The summed E-state index contributed by atoms with van der Waals surface area (Å²) in [5, 5.41) is 2.96. The van der Waals surface area contributed by atoms with Crippen LogP contribution in [0.3, 0.4) is 0 Å². The van der Waals surface area contributed by atoms with Gasteiger partial charge < -0.3 is 43.2 Å². The van der Waals surface area contributed by atoms with Crippen molar-refractivity contribution in [1.82, 2.24) is 5.32 Å². The third-order valence-electron chi connectivity index (χ3n) is 8.53. The summed E-state index contributed by atoms with van der Waals surface area (Å²) >= 11 is 7.23. The molecule has 1 saturated carbocycles. The third-order valence-corrected chi connectivity index (χ3v) is 9.12. The van der Waals surface area contributed by atoms with E-state index in [9.17, 15) is 9.59 Å². The number of hydrogen-bond donors (Lipinski definition) is 1. The minimum Gasteiger partial charge on any atom is -0.457 e. The van der Waals surface area contributed by atoms with Crippen LogP contribution < -0.4 is 5.32 Å². The van der Waals surface area contributed by atoms with Gasteiger partial charge in [0.2, 0.25) is 0 Å². The van der Waals surface area contributed by atoms with Gasteiger partial charge in [0.1, 0.15) is 24.4 Å². The van der Waals surface area contributed by atoms with Crippen molar-refractivity contribution in [2.24, 2.45) is 5.92 Å². The first-order valence-electron chi connectivity index (χ1n) is 14.8. The Bertz CT molecular complexity index is 1240. The maximum atomic E-state index is 12.5. The lowest BCUT2D eigenvalue weighted by Crippen LogP contribution is -2.70. The van der Waals surface area contributed by atoms with E-state index >= 15 is 0 Å². The van der Waals surface area contributed by atoms with Crippen molar-refractivity contribution in [1.29, 1.82) is 0 Å². The zero-order valence-corrected chi connectivity index (χ0v) is 25.9. The van der Waals surface area contributed by atoms with Crippen LogP contribution in [0.5, 0.6) is 0 Å². The number of benzene rings is 1. The fourth-order valence-electron chi connectivity index (χ4n) is 6.83. The highest BCUT2D eigenvalue weighted by Gasteiger charge is 2.59. The Morgan fingerprint density at radius 3 is 2.28 bits per heavy atom. The summed E-state index contributed by atoms with van der Waals surface area (Å²) in [6, 6.07) is 8.37. The first-order valence-corrected chi connectivity index (χ1v) is 15.2. The normalized spacial score (nSPS) is 41.2. The second-order valence-electron chi connectivity index (χ2n) is 12.7. The molecule has 3 heterocycles. The van der Waals surface area contributed by atoms with E-state index in [4.69, 9.17) is 49.5 Å². The molecule has 3 saturated heterocycles. The van der Waals surface area contributed by atoms with Gasteiger partial charge in [-0.15, -0.1) is 11.6 Å².